The van der Waals surface area contributed by atoms with E-state index in [0.29, 0.717) is 17.9 Å². The molecular weight excluding hydrogens is 282 g/mol. The van der Waals surface area contributed by atoms with Crippen LogP contribution in [0.25, 0.3) is 0 Å². The minimum Gasteiger partial charge on any atom is -0.507 e. The van der Waals surface area contributed by atoms with Crippen LogP contribution in [0.4, 0.5) is 0 Å². The molecule has 7 heteroatoms. The smallest absolute Gasteiger partial charge is 0.326 e. The number of thioether (sulfide) groups is 1. The van der Waals surface area contributed by atoms with Crippen molar-refractivity contribution in [1.82, 2.24) is 5.32 Å². The Morgan fingerprint density at radius 3 is 2.70 bits per heavy atom. The van der Waals surface area contributed by atoms with Gasteiger partial charge < -0.3 is 20.3 Å². The molecule has 0 unspecified atom stereocenters. The monoisotopic (exact) mass is 299 g/mol. The van der Waals surface area contributed by atoms with Gasteiger partial charge in [0.2, 0.25) is 0 Å². The maximum absolute atomic E-state index is 12.0. The highest BCUT2D eigenvalue weighted by Gasteiger charge is 2.22. The number of rotatable bonds is 7. The van der Waals surface area contributed by atoms with Crippen LogP contribution >= 0.6 is 11.8 Å². The van der Waals surface area contributed by atoms with Crippen molar-refractivity contribution < 1.29 is 24.5 Å². The number of amides is 1. The molecule has 110 valence electrons. The molecule has 0 fully saturated rings. The first-order valence-electron chi connectivity index (χ1n) is 5.89. The van der Waals surface area contributed by atoms with Gasteiger partial charge in [-0.25, -0.2) is 4.79 Å². The molecule has 0 aromatic heterocycles. The van der Waals surface area contributed by atoms with Gasteiger partial charge in [0.25, 0.3) is 5.91 Å². The first-order chi connectivity index (χ1) is 9.49. The number of hydrogen-bond acceptors (Lipinski definition) is 5. The number of carboxylic acid groups (broad SMARTS) is 1. The second-order valence-electron chi connectivity index (χ2n) is 4.03. The summed E-state index contributed by atoms with van der Waals surface area (Å²) in [6.45, 7) is 0. The molecule has 0 saturated carbocycles. The lowest BCUT2D eigenvalue weighted by molar-refractivity contribution is -0.139. The van der Waals surface area contributed by atoms with E-state index in [1.54, 1.807) is 0 Å². The molecule has 6 nitrogen and oxygen atoms in total. The maximum Gasteiger partial charge on any atom is 0.326 e. The Balaban J connectivity index is 2.85. The molecule has 0 heterocycles. The Kier molecular flexibility index (Phi) is 6.17. The SMILES string of the molecule is COc1ccc(O)c(C(=O)N[C@@H](CCSC)C(=O)O)c1. The second-order valence-corrected chi connectivity index (χ2v) is 5.01. The number of phenolic OH excluding ortho intramolecular Hbond substituents is 1. The Bertz CT molecular complexity index is 492. The van der Waals surface area contributed by atoms with Crippen LogP contribution in [-0.4, -0.2) is 47.2 Å². The molecule has 0 bridgehead atoms. The number of carbonyl (C=O) groups is 2. The Labute approximate surface area is 121 Å². The van der Waals surface area contributed by atoms with Crippen molar-refractivity contribution in [3.8, 4) is 11.5 Å². The van der Waals surface area contributed by atoms with Crippen molar-refractivity contribution in [2.75, 3.05) is 19.1 Å². The molecule has 1 aromatic rings. The zero-order chi connectivity index (χ0) is 15.1. The van der Waals surface area contributed by atoms with Crippen molar-refractivity contribution >= 4 is 23.6 Å². The highest BCUT2D eigenvalue weighted by atomic mass is 32.2. The molecule has 0 radical (unpaired) electrons. The number of aromatic hydroxyl groups is 1. The van der Waals surface area contributed by atoms with Crippen LogP contribution in [0.5, 0.6) is 11.5 Å². The lowest BCUT2D eigenvalue weighted by Crippen LogP contribution is -2.41. The highest BCUT2D eigenvalue weighted by Crippen LogP contribution is 2.22. The van der Waals surface area contributed by atoms with Gasteiger partial charge in [0.15, 0.2) is 0 Å². The molecule has 1 aromatic carbocycles. The van der Waals surface area contributed by atoms with E-state index in [-0.39, 0.29) is 11.3 Å². The van der Waals surface area contributed by atoms with Gasteiger partial charge >= 0.3 is 5.97 Å². The van der Waals surface area contributed by atoms with Crippen LogP contribution in [-0.2, 0) is 4.79 Å². The van der Waals surface area contributed by atoms with Crippen molar-refractivity contribution in [3.05, 3.63) is 23.8 Å². The van der Waals surface area contributed by atoms with E-state index in [1.807, 2.05) is 6.26 Å². The molecular formula is C13H17NO5S. The van der Waals surface area contributed by atoms with E-state index in [9.17, 15) is 14.7 Å². The molecule has 1 rings (SSSR count). The summed E-state index contributed by atoms with van der Waals surface area (Å²) >= 11 is 1.50. The van der Waals surface area contributed by atoms with E-state index in [4.69, 9.17) is 9.84 Å². The third-order valence-electron chi connectivity index (χ3n) is 2.66. The van der Waals surface area contributed by atoms with E-state index in [1.165, 1.54) is 37.1 Å². The van der Waals surface area contributed by atoms with E-state index < -0.39 is 17.9 Å². The topological polar surface area (TPSA) is 95.9 Å². The number of benzene rings is 1. The predicted octanol–water partition coefficient (Wildman–Crippen LogP) is 1.34. The largest absolute Gasteiger partial charge is 0.507 e. The molecule has 1 atom stereocenters. The van der Waals surface area contributed by atoms with E-state index >= 15 is 0 Å². The summed E-state index contributed by atoms with van der Waals surface area (Å²) in [4.78, 5) is 23.1. The summed E-state index contributed by atoms with van der Waals surface area (Å²) in [5.41, 5.74) is -0.0141. The minimum atomic E-state index is -1.10. The number of aliphatic carboxylic acids is 1. The number of nitrogens with one attached hydrogen (secondary N) is 1. The molecule has 0 saturated heterocycles. The molecule has 3 N–H and O–H groups in total. The van der Waals surface area contributed by atoms with Gasteiger partial charge in [0.05, 0.1) is 12.7 Å². The molecule has 0 aliphatic rings. The Hall–Kier alpha value is -1.89. The predicted molar refractivity (Wildman–Crippen MR) is 76.5 cm³/mol. The van der Waals surface area contributed by atoms with Crippen molar-refractivity contribution in [3.63, 3.8) is 0 Å². The number of carboxylic acids is 1. The van der Waals surface area contributed by atoms with Gasteiger partial charge in [-0.1, -0.05) is 0 Å². The van der Waals surface area contributed by atoms with Crippen LogP contribution in [0.1, 0.15) is 16.8 Å². The average Bonchev–Trinajstić information content (AvgIpc) is 2.43. The van der Waals surface area contributed by atoms with Gasteiger partial charge in [0, 0.05) is 0 Å². The minimum absolute atomic E-state index is 0.0141. The van der Waals surface area contributed by atoms with Crippen LogP contribution in [0.15, 0.2) is 18.2 Å². The maximum atomic E-state index is 12.0. The van der Waals surface area contributed by atoms with Gasteiger partial charge in [0.1, 0.15) is 17.5 Å². The highest BCUT2D eigenvalue weighted by molar-refractivity contribution is 7.98. The fourth-order valence-electron chi connectivity index (χ4n) is 1.55. The van der Waals surface area contributed by atoms with E-state index in [2.05, 4.69) is 5.32 Å². The fourth-order valence-corrected chi connectivity index (χ4v) is 2.02. The number of hydrogen-bond donors (Lipinski definition) is 3. The van der Waals surface area contributed by atoms with Gasteiger partial charge in [-0.3, -0.25) is 4.79 Å². The molecule has 20 heavy (non-hydrogen) atoms. The molecule has 0 spiro atoms. The molecule has 1 amide bonds. The number of carbonyl (C=O) groups excluding carboxylic acids is 1. The van der Waals surface area contributed by atoms with Gasteiger partial charge in [-0.05, 0) is 36.6 Å². The van der Waals surface area contributed by atoms with Crippen molar-refractivity contribution in [1.29, 1.82) is 0 Å². The summed E-state index contributed by atoms with van der Waals surface area (Å²) in [5.74, 6) is -0.952. The van der Waals surface area contributed by atoms with Gasteiger partial charge in [-0.2, -0.15) is 11.8 Å². The first kappa shape index (κ1) is 16.2. The lowest BCUT2D eigenvalue weighted by atomic mass is 10.1. The van der Waals surface area contributed by atoms with Crippen LogP contribution in [0.3, 0.4) is 0 Å². The van der Waals surface area contributed by atoms with Crippen molar-refractivity contribution in [2.24, 2.45) is 0 Å². The van der Waals surface area contributed by atoms with Crippen LogP contribution < -0.4 is 10.1 Å². The van der Waals surface area contributed by atoms with Gasteiger partial charge in [-0.15, -0.1) is 0 Å². The average molecular weight is 299 g/mol. The summed E-state index contributed by atoms with van der Waals surface area (Å²) in [6.07, 6.45) is 2.17. The lowest BCUT2D eigenvalue weighted by Gasteiger charge is -2.14. The summed E-state index contributed by atoms with van der Waals surface area (Å²) < 4.78 is 4.97. The fraction of sp³-hybridized carbons (Fsp3) is 0.385. The van der Waals surface area contributed by atoms with Crippen LogP contribution in [0.2, 0.25) is 0 Å². The number of phenols is 1. The third kappa shape index (κ3) is 4.34. The second kappa shape index (κ2) is 7.64. The number of methoxy groups -OCH3 is 1. The summed E-state index contributed by atoms with van der Waals surface area (Å²) in [7, 11) is 1.44. The van der Waals surface area contributed by atoms with E-state index in [0.717, 1.165) is 0 Å². The molecule has 0 aliphatic heterocycles. The Morgan fingerprint density at radius 2 is 2.15 bits per heavy atom. The standard InChI is InChI=1S/C13H17NO5S/c1-19-8-3-4-11(15)9(7-8)12(16)14-10(13(17)18)5-6-20-2/h3-4,7,10,15H,5-6H2,1-2H3,(H,14,16)(H,17,18)/t10-/m0/s1. The van der Waals surface area contributed by atoms with Crippen LogP contribution in [0, 0.1) is 0 Å². The Morgan fingerprint density at radius 1 is 1.45 bits per heavy atom. The zero-order valence-corrected chi connectivity index (χ0v) is 12.1. The quantitative estimate of drug-likeness (QED) is 0.703. The normalized spacial score (nSPS) is 11.7. The molecule has 0 aliphatic carbocycles. The third-order valence-corrected chi connectivity index (χ3v) is 3.31. The first-order valence-corrected chi connectivity index (χ1v) is 7.28. The summed E-state index contributed by atoms with van der Waals surface area (Å²) in [5, 5.41) is 21.1. The summed E-state index contributed by atoms with van der Waals surface area (Å²) in [6, 6.07) is 3.21. The zero-order valence-electron chi connectivity index (χ0n) is 11.3. The van der Waals surface area contributed by atoms with Crippen molar-refractivity contribution in [2.45, 2.75) is 12.5 Å². The number of ether oxygens (including phenoxy) is 1.